The van der Waals surface area contributed by atoms with Gasteiger partial charge in [-0.2, -0.15) is 0 Å². The topological polar surface area (TPSA) is 37.8 Å². The Morgan fingerprint density at radius 3 is 2.61 bits per heavy atom. The zero-order valence-corrected chi connectivity index (χ0v) is 10.4. The largest absolute Gasteiger partial charge is 0.331 e. The zero-order chi connectivity index (χ0) is 12.7. The van der Waals surface area contributed by atoms with Gasteiger partial charge in [0.25, 0.3) is 0 Å². The smallest absolute Gasteiger partial charge is 0.305 e. The summed E-state index contributed by atoms with van der Waals surface area (Å²) in [5, 5.41) is 0. The number of hydrogen-bond acceptors (Lipinski definition) is 1. The molecule has 1 N–H and O–H groups in total. The van der Waals surface area contributed by atoms with Gasteiger partial charge in [-0.3, -0.25) is 4.57 Å². The summed E-state index contributed by atoms with van der Waals surface area (Å²) in [6, 6.07) is 13.9. The molecule has 0 saturated heterocycles. The highest BCUT2D eigenvalue weighted by molar-refractivity contribution is 5.80. The number of benzene rings is 2. The van der Waals surface area contributed by atoms with Gasteiger partial charge in [-0.25, -0.2) is 4.79 Å². The van der Waals surface area contributed by atoms with E-state index in [2.05, 4.69) is 4.98 Å². The number of nitrogens with one attached hydrogen (secondary N) is 1. The molecule has 0 aliphatic rings. The maximum atomic E-state index is 12.1. The number of H-pyrrole nitrogens is 1. The Bertz CT molecular complexity index is 781. The van der Waals surface area contributed by atoms with Crippen molar-refractivity contribution in [1.29, 1.82) is 0 Å². The molecule has 0 spiro atoms. The lowest BCUT2D eigenvalue weighted by Crippen LogP contribution is -2.14. The fourth-order valence-corrected chi connectivity index (χ4v) is 2.30. The Kier molecular flexibility index (Phi) is 2.33. The van der Waals surface area contributed by atoms with E-state index in [1.807, 2.05) is 56.3 Å². The monoisotopic (exact) mass is 238 g/mol. The van der Waals surface area contributed by atoms with Gasteiger partial charge in [0.1, 0.15) is 0 Å². The molecule has 0 fully saturated rings. The second-order valence-electron chi connectivity index (χ2n) is 4.57. The molecule has 1 heterocycles. The van der Waals surface area contributed by atoms with Crippen LogP contribution in [0.3, 0.4) is 0 Å². The number of aromatic amines is 1. The van der Waals surface area contributed by atoms with Crippen LogP contribution < -0.4 is 5.69 Å². The normalized spacial score (nSPS) is 11.0. The maximum absolute atomic E-state index is 12.1. The Balaban J connectivity index is 2.39. The Morgan fingerprint density at radius 1 is 1.06 bits per heavy atom. The predicted molar refractivity (Wildman–Crippen MR) is 73.4 cm³/mol. The predicted octanol–water partition coefficient (Wildman–Crippen LogP) is 2.94. The first-order chi connectivity index (χ1) is 8.66. The van der Waals surface area contributed by atoms with Gasteiger partial charge in [-0.05, 0) is 43.2 Å². The number of aryl methyl sites for hydroxylation is 2. The minimum absolute atomic E-state index is 0.0927. The highest BCUT2D eigenvalue weighted by Gasteiger charge is 2.09. The number of hydrogen-bond donors (Lipinski definition) is 1. The lowest BCUT2D eigenvalue weighted by atomic mass is 10.2. The van der Waals surface area contributed by atoms with E-state index in [4.69, 9.17) is 0 Å². The number of rotatable bonds is 1. The van der Waals surface area contributed by atoms with E-state index >= 15 is 0 Å². The van der Waals surface area contributed by atoms with Crippen molar-refractivity contribution >= 4 is 11.0 Å². The highest BCUT2D eigenvalue weighted by atomic mass is 16.1. The van der Waals surface area contributed by atoms with Crippen LogP contribution in [0, 0.1) is 13.8 Å². The first kappa shape index (κ1) is 10.8. The van der Waals surface area contributed by atoms with E-state index in [-0.39, 0.29) is 5.69 Å². The molecule has 2 aromatic carbocycles. The van der Waals surface area contributed by atoms with Crippen LogP contribution >= 0.6 is 0 Å². The molecular weight excluding hydrogens is 224 g/mol. The molecule has 0 aliphatic heterocycles. The van der Waals surface area contributed by atoms with Gasteiger partial charge in [0.15, 0.2) is 0 Å². The van der Waals surface area contributed by atoms with Crippen LogP contribution in [0.4, 0.5) is 0 Å². The van der Waals surface area contributed by atoms with Gasteiger partial charge in [0.2, 0.25) is 0 Å². The van der Waals surface area contributed by atoms with Crippen LogP contribution in [0.2, 0.25) is 0 Å². The molecule has 3 rings (SSSR count). The van der Waals surface area contributed by atoms with Gasteiger partial charge in [0.05, 0.1) is 16.7 Å². The first-order valence-corrected chi connectivity index (χ1v) is 5.94. The van der Waals surface area contributed by atoms with Crippen LogP contribution in [0.25, 0.3) is 16.7 Å². The molecule has 0 unspecified atom stereocenters. The lowest BCUT2D eigenvalue weighted by molar-refractivity contribution is 1.01. The molecule has 0 bridgehead atoms. The fraction of sp³-hybridized carbons (Fsp3) is 0.133. The third-order valence-electron chi connectivity index (χ3n) is 3.19. The Hall–Kier alpha value is -2.29. The van der Waals surface area contributed by atoms with Crippen molar-refractivity contribution in [2.45, 2.75) is 13.8 Å². The molecule has 3 nitrogen and oxygen atoms in total. The number of fused-ring (bicyclic) bond motifs is 1. The van der Waals surface area contributed by atoms with Crippen molar-refractivity contribution in [3.8, 4) is 5.69 Å². The number of imidazole rings is 1. The van der Waals surface area contributed by atoms with E-state index in [0.717, 1.165) is 27.8 Å². The summed E-state index contributed by atoms with van der Waals surface area (Å²) < 4.78 is 1.72. The molecule has 18 heavy (non-hydrogen) atoms. The van der Waals surface area contributed by atoms with E-state index in [1.165, 1.54) is 0 Å². The first-order valence-electron chi connectivity index (χ1n) is 5.94. The van der Waals surface area contributed by atoms with E-state index in [0.29, 0.717) is 0 Å². The van der Waals surface area contributed by atoms with Crippen LogP contribution in [0.1, 0.15) is 11.1 Å². The quantitative estimate of drug-likeness (QED) is 0.695. The average Bonchev–Trinajstić information content (AvgIpc) is 2.67. The Morgan fingerprint density at radius 2 is 1.83 bits per heavy atom. The molecule has 0 saturated carbocycles. The summed E-state index contributed by atoms with van der Waals surface area (Å²) in [5.41, 5.74) is 4.86. The fourth-order valence-electron chi connectivity index (χ4n) is 2.30. The van der Waals surface area contributed by atoms with Crippen LogP contribution in [-0.4, -0.2) is 9.55 Å². The standard InChI is InChI=1S/C15H14N2O/c1-10-5-3-7-12(9-10)17-13-8-4-6-11(2)14(13)16-15(17)18/h3-9H,1-2H3,(H,16,18). The second-order valence-corrected chi connectivity index (χ2v) is 4.57. The van der Waals surface area contributed by atoms with Crippen molar-refractivity contribution in [2.75, 3.05) is 0 Å². The summed E-state index contributed by atoms with van der Waals surface area (Å²) in [6.45, 7) is 4.02. The van der Waals surface area contributed by atoms with Gasteiger partial charge in [0, 0.05) is 0 Å². The third kappa shape index (κ3) is 1.56. The van der Waals surface area contributed by atoms with E-state index in [9.17, 15) is 4.79 Å². The van der Waals surface area contributed by atoms with Gasteiger partial charge in [-0.1, -0.05) is 24.3 Å². The van der Waals surface area contributed by atoms with Gasteiger partial charge >= 0.3 is 5.69 Å². The van der Waals surface area contributed by atoms with Crippen molar-refractivity contribution in [2.24, 2.45) is 0 Å². The van der Waals surface area contributed by atoms with Gasteiger partial charge < -0.3 is 4.98 Å². The molecule has 1 aromatic heterocycles. The van der Waals surface area contributed by atoms with Crippen molar-refractivity contribution in [1.82, 2.24) is 9.55 Å². The molecule has 0 radical (unpaired) electrons. The molecule has 0 aliphatic carbocycles. The molecule has 3 aromatic rings. The number of aromatic nitrogens is 2. The Labute approximate surface area is 105 Å². The van der Waals surface area contributed by atoms with Crippen molar-refractivity contribution < 1.29 is 0 Å². The summed E-state index contributed by atoms with van der Waals surface area (Å²) >= 11 is 0. The second kappa shape index (κ2) is 3.88. The number of nitrogens with zero attached hydrogens (tertiary/aromatic N) is 1. The van der Waals surface area contributed by atoms with Crippen LogP contribution in [-0.2, 0) is 0 Å². The lowest BCUT2D eigenvalue weighted by Gasteiger charge is -2.04. The molecule has 0 atom stereocenters. The van der Waals surface area contributed by atoms with E-state index in [1.54, 1.807) is 4.57 Å². The third-order valence-corrected chi connectivity index (χ3v) is 3.19. The molecule has 3 heteroatoms. The van der Waals surface area contributed by atoms with Crippen LogP contribution in [0.15, 0.2) is 47.3 Å². The van der Waals surface area contributed by atoms with Crippen molar-refractivity contribution in [3.63, 3.8) is 0 Å². The molecular formula is C15H14N2O. The van der Waals surface area contributed by atoms with Crippen LogP contribution in [0.5, 0.6) is 0 Å². The maximum Gasteiger partial charge on any atom is 0.331 e. The summed E-state index contributed by atoms with van der Waals surface area (Å²) in [7, 11) is 0. The summed E-state index contributed by atoms with van der Waals surface area (Å²) in [6.07, 6.45) is 0. The minimum Gasteiger partial charge on any atom is -0.305 e. The number of para-hydroxylation sites is 1. The summed E-state index contributed by atoms with van der Waals surface area (Å²) in [5.74, 6) is 0. The molecule has 0 amide bonds. The summed E-state index contributed by atoms with van der Waals surface area (Å²) in [4.78, 5) is 15.0. The van der Waals surface area contributed by atoms with E-state index < -0.39 is 0 Å². The highest BCUT2D eigenvalue weighted by Crippen LogP contribution is 2.18. The van der Waals surface area contributed by atoms with Gasteiger partial charge in [-0.15, -0.1) is 0 Å². The average molecular weight is 238 g/mol. The van der Waals surface area contributed by atoms with Crippen molar-refractivity contribution in [3.05, 3.63) is 64.1 Å². The minimum atomic E-state index is -0.0927. The zero-order valence-electron chi connectivity index (χ0n) is 10.4. The molecule has 90 valence electrons. The SMILES string of the molecule is Cc1cccc(-n2c(=O)[nH]c3c(C)cccc32)c1.